The molecule has 1 unspecified atom stereocenters. The average Bonchev–Trinajstić information content (AvgIpc) is 2.49. The normalized spacial score (nSPS) is 25.5. The molecule has 0 aromatic heterocycles. The van der Waals surface area contributed by atoms with E-state index in [2.05, 4.69) is 6.58 Å². The zero-order valence-corrected chi connectivity index (χ0v) is 8.79. The Labute approximate surface area is 88.8 Å². The second kappa shape index (κ2) is 3.65. The molecule has 1 saturated heterocycles. The Morgan fingerprint density at radius 2 is 2.47 bits per heavy atom. The lowest BCUT2D eigenvalue weighted by Crippen LogP contribution is -2.20. The number of halogens is 1. The number of amides is 1. The summed E-state index contributed by atoms with van der Waals surface area (Å²) in [6, 6.07) is 0. The van der Waals surface area contributed by atoms with Crippen LogP contribution in [-0.2, 0) is 4.79 Å². The Hall–Kier alpha value is -1.38. The molecule has 0 spiro atoms. The zero-order valence-electron chi connectivity index (χ0n) is 8.79. The van der Waals surface area contributed by atoms with E-state index in [1.165, 1.54) is 0 Å². The minimum absolute atomic E-state index is 0.0830. The molecule has 1 amide bonds. The third-order valence-electron chi connectivity index (χ3n) is 3.07. The molecular weight excluding hydrogens is 193 g/mol. The molecule has 15 heavy (non-hydrogen) atoms. The van der Waals surface area contributed by atoms with Crippen molar-refractivity contribution in [2.24, 2.45) is 5.92 Å². The van der Waals surface area contributed by atoms with Crippen molar-refractivity contribution in [3.8, 4) is 0 Å². The van der Waals surface area contributed by atoms with Crippen LogP contribution in [0.15, 0.2) is 35.8 Å². The fourth-order valence-electron chi connectivity index (χ4n) is 2.33. The van der Waals surface area contributed by atoms with Gasteiger partial charge in [-0.1, -0.05) is 6.08 Å². The summed E-state index contributed by atoms with van der Waals surface area (Å²) in [6.45, 7) is 3.62. The molecule has 0 aromatic rings. The van der Waals surface area contributed by atoms with Crippen molar-refractivity contribution in [2.45, 2.75) is 19.3 Å². The molecule has 3 heteroatoms. The number of allylic oxidation sites excluding steroid dienone is 5. The molecule has 80 valence electrons. The van der Waals surface area contributed by atoms with Crippen LogP contribution >= 0.6 is 0 Å². The third-order valence-corrected chi connectivity index (χ3v) is 3.07. The maximum atomic E-state index is 13.6. The molecule has 1 fully saturated rings. The van der Waals surface area contributed by atoms with Gasteiger partial charge in [0.15, 0.2) is 0 Å². The van der Waals surface area contributed by atoms with Crippen LogP contribution in [0.5, 0.6) is 0 Å². The molecule has 2 nitrogen and oxygen atoms in total. The van der Waals surface area contributed by atoms with E-state index in [-0.39, 0.29) is 17.7 Å². The molecule has 1 heterocycles. The van der Waals surface area contributed by atoms with Crippen LogP contribution in [0.1, 0.15) is 19.3 Å². The van der Waals surface area contributed by atoms with Crippen LogP contribution in [0.4, 0.5) is 4.39 Å². The van der Waals surface area contributed by atoms with E-state index >= 15 is 0 Å². The van der Waals surface area contributed by atoms with Gasteiger partial charge in [0.2, 0.25) is 5.91 Å². The number of nitrogens with zero attached hydrogens (tertiary/aromatic N) is 1. The summed E-state index contributed by atoms with van der Waals surface area (Å²) < 4.78 is 13.6. The van der Waals surface area contributed by atoms with Gasteiger partial charge in [0, 0.05) is 30.7 Å². The van der Waals surface area contributed by atoms with Crippen molar-refractivity contribution < 1.29 is 9.18 Å². The van der Waals surface area contributed by atoms with Gasteiger partial charge in [-0.25, -0.2) is 4.39 Å². The number of carbonyl (C=O) groups is 1. The van der Waals surface area contributed by atoms with Gasteiger partial charge >= 0.3 is 0 Å². The van der Waals surface area contributed by atoms with Gasteiger partial charge < -0.3 is 4.90 Å². The highest BCUT2D eigenvalue weighted by molar-refractivity contribution is 5.82. The summed E-state index contributed by atoms with van der Waals surface area (Å²) in [6.07, 6.45) is 4.90. The standard InChI is InChI=1S/C12H14FNO/c1-3-4-9-10(13)6-5-8-7-11(15)14(2)12(8)9/h3,6,8H,1,4-5,7H2,2H3. The van der Waals surface area contributed by atoms with E-state index in [1.807, 2.05) is 0 Å². The maximum Gasteiger partial charge on any atom is 0.227 e. The monoisotopic (exact) mass is 207 g/mol. The van der Waals surface area contributed by atoms with E-state index < -0.39 is 0 Å². The molecule has 0 N–H and O–H groups in total. The number of rotatable bonds is 2. The van der Waals surface area contributed by atoms with Gasteiger partial charge in [0.25, 0.3) is 0 Å². The number of fused-ring (bicyclic) bond motifs is 1. The molecule has 1 aliphatic heterocycles. The second-order valence-electron chi connectivity index (χ2n) is 4.00. The molecule has 0 bridgehead atoms. The van der Waals surface area contributed by atoms with Crippen molar-refractivity contribution in [1.82, 2.24) is 4.90 Å². The highest BCUT2D eigenvalue weighted by atomic mass is 19.1. The Bertz CT molecular complexity index is 381. The smallest absolute Gasteiger partial charge is 0.227 e. The first-order chi connectivity index (χ1) is 7.15. The number of hydrogen-bond donors (Lipinski definition) is 0. The molecule has 2 rings (SSSR count). The number of likely N-dealkylation sites (tertiary alicyclic amines) is 1. The maximum absolute atomic E-state index is 13.6. The molecule has 1 aliphatic carbocycles. The Kier molecular flexibility index (Phi) is 2.47. The summed E-state index contributed by atoms with van der Waals surface area (Å²) in [5, 5.41) is 0. The minimum Gasteiger partial charge on any atom is -0.319 e. The fourth-order valence-corrected chi connectivity index (χ4v) is 2.33. The molecule has 2 aliphatic rings. The van der Waals surface area contributed by atoms with Crippen LogP contribution in [0.2, 0.25) is 0 Å². The molecule has 0 aromatic carbocycles. The van der Waals surface area contributed by atoms with Gasteiger partial charge in [-0.2, -0.15) is 0 Å². The van der Waals surface area contributed by atoms with E-state index in [1.54, 1.807) is 24.1 Å². The Balaban J connectivity index is 2.45. The molecular formula is C12H14FNO. The van der Waals surface area contributed by atoms with E-state index in [0.717, 1.165) is 5.70 Å². The van der Waals surface area contributed by atoms with Crippen LogP contribution in [0, 0.1) is 5.92 Å². The summed E-state index contributed by atoms with van der Waals surface area (Å²) in [7, 11) is 1.72. The summed E-state index contributed by atoms with van der Waals surface area (Å²) in [5.74, 6) is 0.0688. The van der Waals surface area contributed by atoms with E-state index in [0.29, 0.717) is 24.8 Å². The lowest BCUT2D eigenvalue weighted by molar-refractivity contribution is -0.125. The first-order valence-corrected chi connectivity index (χ1v) is 5.11. The van der Waals surface area contributed by atoms with Gasteiger partial charge in [0.1, 0.15) is 5.83 Å². The first-order valence-electron chi connectivity index (χ1n) is 5.11. The van der Waals surface area contributed by atoms with Crippen molar-refractivity contribution in [3.63, 3.8) is 0 Å². The van der Waals surface area contributed by atoms with Crippen molar-refractivity contribution in [2.75, 3.05) is 7.05 Å². The highest BCUT2D eigenvalue weighted by Gasteiger charge is 2.36. The van der Waals surface area contributed by atoms with E-state index in [9.17, 15) is 9.18 Å². The van der Waals surface area contributed by atoms with Crippen molar-refractivity contribution in [1.29, 1.82) is 0 Å². The predicted molar refractivity (Wildman–Crippen MR) is 56.5 cm³/mol. The van der Waals surface area contributed by atoms with Gasteiger partial charge in [-0.15, -0.1) is 6.58 Å². The third kappa shape index (κ3) is 1.52. The van der Waals surface area contributed by atoms with Gasteiger partial charge in [0.05, 0.1) is 0 Å². The number of carbonyl (C=O) groups excluding carboxylic acids is 1. The zero-order chi connectivity index (χ0) is 11.0. The van der Waals surface area contributed by atoms with Crippen molar-refractivity contribution >= 4 is 5.91 Å². The summed E-state index contributed by atoms with van der Waals surface area (Å²) in [4.78, 5) is 13.1. The quantitative estimate of drug-likeness (QED) is 0.637. The van der Waals surface area contributed by atoms with Crippen LogP contribution in [-0.4, -0.2) is 17.9 Å². The van der Waals surface area contributed by atoms with Crippen LogP contribution in [0.3, 0.4) is 0 Å². The lowest BCUT2D eigenvalue weighted by atomic mass is 9.90. The van der Waals surface area contributed by atoms with Gasteiger partial charge in [-0.05, 0) is 18.9 Å². The Morgan fingerprint density at radius 3 is 3.13 bits per heavy atom. The molecule has 0 saturated carbocycles. The summed E-state index contributed by atoms with van der Waals surface area (Å²) in [5.41, 5.74) is 1.49. The number of hydrogen-bond acceptors (Lipinski definition) is 1. The van der Waals surface area contributed by atoms with Crippen molar-refractivity contribution in [3.05, 3.63) is 35.8 Å². The Morgan fingerprint density at radius 1 is 1.73 bits per heavy atom. The second-order valence-corrected chi connectivity index (χ2v) is 4.00. The van der Waals surface area contributed by atoms with Crippen LogP contribution < -0.4 is 0 Å². The molecule has 0 radical (unpaired) electrons. The average molecular weight is 207 g/mol. The predicted octanol–water partition coefficient (Wildman–Crippen LogP) is 2.55. The SMILES string of the molecule is C=CCC1=C2C(CC=C1F)CC(=O)N2C. The lowest BCUT2D eigenvalue weighted by Gasteiger charge is -2.22. The topological polar surface area (TPSA) is 20.3 Å². The fraction of sp³-hybridized carbons (Fsp3) is 0.417. The first kappa shape index (κ1) is 10.1. The van der Waals surface area contributed by atoms with Crippen LogP contribution in [0.25, 0.3) is 0 Å². The summed E-state index contributed by atoms with van der Waals surface area (Å²) >= 11 is 0. The molecule has 1 atom stereocenters. The highest BCUT2D eigenvalue weighted by Crippen LogP contribution is 2.40. The van der Waals surface area contributed by atoms with Gasteiger partial charge in [-0.3, -0.25) is 4.79 Å². The van der Waals surface area contributed by atoms with E-state index in [4.69, 9.17) is 0 Å². The minimum atomic E-state index is -0.192. The largest absolute Gasteiger partial charge is 0.319 e.